The molecule has 0 bridgehead atoms. The molecule has 0 atom stereocenters. The van der Waals surface area contributed by atoms with E-state index in [9.17, 15) is 9.59 Å². The average molecular weight is 478 g/mol. The van der Waals surface area contributed by atoms with Crippen molar-refractivity contribution < 1.29 is 28.5 Å². The molecule has 1 aromatic rings. The number of methoxy groups -OCH3 is 3. The van der Waals surface area contributed by atoms with Crippen molar-refractivity contribution in [3.63, 3.8) is 0 Å². The van der Waals surface area contributed by atoms with E-state index in [-0.39, 0.29) is 17.9 Å². The van der Waals surface area contributed by atoms with Crippen molar-refractivity contribution in [2.24, 2.45) is 5.92 Å². The number of likely N-dealkylation sites (tertiary alicyclic amines) is 1. The molecule has 0 aromatic heterocycles. The molecule has 0 radical (unpaired) electrons. The van der Waals surface area contributed by atoms with Gasteiger partial charge in [-0.25, -0.2) is 4.79 Å². The van der Waals surface area contributed by atoms with E-state index < -0.39 is 5.60 Å². The summed E-state index contributed by atoms with van der Waals surface area (Å²) in [7, 11) is 4.84. The highest BCUT2D eigenvalue weighted by Crippen LogP contribution is 2.40. The molecule has 2 heterocycles. The minimum absolute atomic E-state index is 0.0313. The monoisotopic (exact) mass is 477 g/mol. The number of carbonyl (C=O) groups is 2. The Bertz CT molecular complexity index is 853. The standard InChI is InChI=1S/C25H39N3O6/c1-25(2,3)34-24(30)28-11-9-18(10-12-28)23(29)27-15-13-26(14-16-27)17-19-7-8-20(31-4)22(33-6)21(19)32-5/h7-8,18H,9-17H2,1-6H3. The Kier molecular flexibility index (Phi) is 8.52. The molecule has 9 nitrogen and oxygen atoms in total. The molecule has 2 saturated heterocycles. The van der Waals surface area contributed by atoms with E-state index in [1.807, 2.05) is 37.8 Å². The van der Waals surface area contributed by atoms with E-state index in [1.54, 1.807) is 26.2 Å². The quantitative estimate of drug-likeness (QED) is 0.623. The zero-order valence-corrected chi connectivity index (χ0v) is 21.4. The van der Waals surface area contributed by atoms with Gasteiger partial charge in [-0.2, -0.15) is 0 Å². The summed E-state index contributed by atoms with van der Waals surface area (Å²) >= 11 is 0. The highest BCUT2D eigenvalue weighted by molar-refractivity contribution is 5.79. The topological polar surface area (TPSA) is 80.8 Å². The lowest BCUT2D eigenvalue weighted by atomic mass is 9.95. The van der Waals surface area contributed by atoms with Gasteiger partial charge in [0.25, 0.3) is 0 Å². The lowest BCUT2D eigenvalue weighted by molar-refractivity contribution is -0.139. The van der Waals surface area contributed by atoms with Crippen LogP contribution in [0.15, 0.2) is 12.1 Å². The van der Waals surface area contributed by atoms with Gasteiger partial charge in [-0.15, -0.1) is 0 Å². The van der Waals surface area contributed by atoms with Gasteiger partial charge in [-0.1, -0.05) is 6.07 Å². The minimum Gasteiger partial charge on any atom is -0.493 e. The summed E-state index contributed by atoms with van der Waals surface area (Å²) in [5.74, 6) is 2.07. The molecule has 9 heteroatoms. The van der Waals surface area contributed by atoms with Gasteiger partial charge in [0.2, 0.25) is 11.7 Å². The molecular formula is C25H39N3O6. The lowest BCUT2D eigenvalue weighted by Crippen LogP contribution is -2.51. The summed E-state index contributed by atoms with van der Waals surface area (Å²) in [4.78, 5) is 31.4. The smallest absolute Gasteiger partial charge is 0.410 e. The molecule has 0 saturated carbocycles. The predicted octanol–water partition coefficient (Wildman–Crippen LogP) is 3.00. The third kappa shape index (κ3) is 6.25. The predicted molar refractivity (Wildman–Crippen MR) is 128 cm³/mol. The van der Waals surface area contributed by atoms with E-state index in [4.69, 9.17) is 18.9 Å². The van der Waals surface area contributed by atoms with Crippen LogP contribution in [-0.4, -0.2) is 92.9 Å². The van der Waals surface area contributed by atoms with E-state index in [0.29, 0.717) is 62.8 Å². The fourth-order valence-electron chi connectivity index (χ4n) is 4.55. The summed E-state index contributed by atoms with van der Waals surface area (Å²) in [6, 6.07) is 3.89. The summed E-state index contributed by atoms with van der Waals surface area (Å²) in [5, 5.41) is 0. The van der Waals surface area contributed by atoms with Crippen molar-refractivity contribution in [2.75, 3.05) is 60.6 Å². The van der Waals surface area contributed by atoms with E-state index in [0.717, 1.165) is 18.7 Å². The molecule has 0 N–H and O–H groups in total. The van der Waals surface area contributed by atoms with Gasteiger partial charge in [-0.3, -0.25) is 9.69 Å². The van der Waals surface area contributed by atoms with Crippen LogP contribution in [0, 0.1) is 5.92 Å². The Hall–Kier alpha value is -2.68. The number of ether oxygens (including phenoxy) is 4. The number of benzene rings is 1. The maximum atomic E-state index is 13.1. The summed E-state index contributed by atoms with van der Waals surface area (Å²) in [6.07, 6.45) is 1.07. The number of rotatable bonds is 6. The van der Waals surface area contributed by atoms with Crippen LogP contribution in [0.4, 0.5) is 4.79 Å². The number of hydrogen-bond acceptors (Lipinski definition) is 7. The molecule has 2 aliphatic heterocycles. The first-order valence-corrected chi connectivity index (χ1v) is 11.9. The average Bonchev–Trinajstić information content (AvgIpc) is 2.82. The highest BCUT2D eigenvalue weighted by atomic mass is 16.6. The van der Waals surface area contributed by atoms with Crippen LogP contribution in [0.25, 0.3) is 0 Å². The van der Waals surface area contributed by atoms with E-state index >= 15 is 0 Å². The van der Waals surface area contributed by atoms with Gasteiger partial charge < -0.3 is 28.7 Å². The summed E-state index contributed by atoms with van der Waals surface area (Å²) < 4.78 is 21.9. The van der Waals surface area contributed by atoms with Crippen LogP contribution in [0.2, 0.25) is 0 Å². The second kappa shape index (κ2) is 11.2. The Morgan fingerprint density at radius 2 is 1.47 bits per heavy atom. The van der Waals surface area contributed by atoms with Gasteiger partial charge in [0, 0.05) is 57.3 Å². The fourth-order valence-corrected chi connectivity index (χ4v) is 4.55. The van der Waals surface area contributed by atoms with Crippen LogP contribution < -0.4 is 14.2 Å². The van der Waals surface area contributed by atoms with E-state index in [2.05, 4.69) is 4.90 Å². The molecule has 3 rings (SSSR count). The van der Waals surface area contributed by atoms with Gasteiger partial charge in [0.15, 0.2) is 11.5 Å². The third-order valence-electron chi connectivity index (χ3n) is 6.36. The van der Waals surface area contributed by atoms with Crippen molar-refractivity contribution in [3.8, 4) is 17.2 Å². The van der Waals surface area contributed by atoms with Crippen molar-refractivity contribution in [1.29, 1.82) is 0 Å². The summed E-state index contributed by atoms with van der Waals surface area (Å²) in [5.41, 5.74) is 0.513. The first kappa shape index (κ1) is 25.9. The molecule has 2 aliphatic rings. The zero-order chi connectivity index (χ0) is 24.9. The Morgan fingerprint density at radius 1 is 0.853 bits per heavy atom. The van der Waals surface area contributed by atoms with Gasteiger partial charge in [0.1, 0.15) is 5.60 Å². The molecule has 1 aromatic carbocycles. The first-order valence-electron chi connectivity index (χ1n) is 11.9. The second-order valence-electron chi connectivity index (χ2n) is 9.84. The first-order chi connectivity index (χ1) is 16.2. The molecule has 2 fully saturated rings. The van der Waals surface area contributed by atoms with Crippen molar-refractivity contribution in [3.05, 3.63) is 17.7 Å². The molecule has 0 spiro atoms. The van der Waals surface area contributed by atoms with Crippen molar-refractivity contribution in [2.45, 2.75) is 45.8 Å². The molecule has 0 unspecified atom stereocenters. The number of nitrogens with zero attached hydrogens (tertiary/aromatic N) is 3. The third-order valence-corrected chi connectivity index (χ3v) is 6.36. The van der Waals surface area contributed by atoms with Gasteiger partial charge >= 0.3 is 6.09 Å². The number of hydrogen-bond donors (Lipinski definition) is 0. The highest BCUT2D eigenvalue weighted by Gasteiger charge is 2.33. The SMILES string of the molecule is COc1ccc(CN2CCN(C(=O)C3CCN(C(=O)OC(C)(C)C)CC3)CC2)c(OC)c1OC. The summed E-state index contributed by atoms with van der Waals surface area (Å²) in [6.45, 7) is 10.4. The second-order valence-corrected chi connectivity index (χ2v) is 9.84. The van der Waals surface area contributed by atoms with Crippen LogP contribution in [0.3, 0.4) is 0 Å². The minimum atomic E-state index is -0.510. The number of carbonyl (C=O) groups excluding carboxylic acids is 2. The molecule has 34 heavy (non-hydrogen) atoms. The van der Waals surface area contributed by atoms with Crippen LogP contribution in [0.5, 0.6) is 17.2 Å². The lowest BCUT2D eigenvalue weighted by Gasteiger charge is -2.39. The van der Waals surface area contributed by atoms with Crippen LogP contribution in [-0.2, 0) is 16.1 Å². The van der Waals surface area contributed by atoms with Crippen LogP contribution >= 0.6 is 0 Å². The Morgan fingerprint density at radius 3 is 2.00 bits per heavy atom. The van der Waals surface area contributed by atoms with Crippen molar-refractivity contribution >= 4 is 12.0 Å². The van der Waals surface area contributed by atoms with Gasteiger partial charge in [0.05, 0.1) is 21.3 Å². The van der Waals surface area contributed by atoms with Gasteiger partial charge in [-0.05, 0) is 39.7 Å². The normalized spacial score (nSPS) is 17.9. The largest absolute Gasteiger partial charge is 0.493 e. The maximum absolute atomic E-state index is 13.1. The Balaban J connectivity index is 1.50. The molecule has 0 aliphatic carbocycles. The molecule has 2 amide bonds. The number of piperidine rings is 1. The maximum Gasteiger partial charge on any atom is 0.410 e. The molecular weight excluding hydrogens is 438 g/mol. The van der Waals surface area contributed by atoms with Crippen LogP contribution in [0.1, 0.15) is 39.2 Å². The number of piperazine rings is 1. The van der Waals surface area contributed by atoms with E-state index in [1.165, 1.54) is 0 Å². The zero-order valence-electron chi connectivity index (χ0n) is 21.4. The number of amides is 2. The van der Waals surface area contributed by atoms with Crippen molar-refractivity contribution in [1.82, 2.24) is 14.7 Å². The molecule has 190 valence electrons. The fraction of sp³-hybridized carbons (Fsp3) is 0.680. The Labute approximate surface area is 202 Å².